The van der Waals surface area contributed by atoms with Crippen molar-refractivity contribution in [3.05, 3.63) is 34.9 Å². The second-order valence-corrected chi connectivity index (χ2v) is 5.57. The number of benzene rings is 1. The number of nitrogens with two attached hydrogens (primary N) is 1. The summed E-state index contributed by atoms with van der Waals surface area (Å²) in [6.07, 6.45) is 4.55. The molecule has 0 radical (unpaired) electrons. The van der Waals surface area contributed by atoms with Crippen molar-refractivity contribution in [1.29, 1.82) is 0 Å². The van der Waals surface area contributed by atoms with Gasteiger partial charge in [0.25, 0.3) is 0 Å². The van der Waals surface area contributed by atoms with Gasteiger partial charge in [0.15, 0.2) is 0 Å². The van der Waals surface area contributed by atoms with Crippen LogP contribution in [0, 0.1) is 13.8 Å². The average Bonchev–Trinajstić information content (AvgIpc) is 2.42. The Bertz CT molecular complexity index is 429. The molecule has 0 aliphatic heterocycles. The van der Waals surface area contributed by atoms with E-state index in [0.29, 0.717) is 13.0 Å². The van der Waals surface area contributed by atoms with E-state index in [-0.39, 0.29) is 11.9 Å². The first-order valence-electron chi connectivity index (χ1n) is 7.62. The van der Waals surface area contributed by atoms with Crippen LogP contribution in [0.5, 0.6) is 0 Å². The Labute approximate surface area is 122 Å². The lowest BCUT2D eigenvalue weighted by Crippen LogP contribution is -2.40. The lowest BCUT2D eigenvalue weighted by atomic mass is 10.0. The number of nitrogens with one attached hydrogen (secondary N) is 1. The van der Waals surface area contributed by atoms with E-state index in [9.17, 15) is 4.79 Å². The normalized spacial score (nSPS) is 12.2. The fourth-order valence-corrected chi connectivity index (χ4v) is 2.37. The Morgan fingerprint density at radius 2 is 2.10 bits per heavy atom. The summed E-state index contributed by atoms with van der Waals surface area (Å²) in [5.41, 5.74) is 9.47. The van der Waals surface area contributed by atoms with Gasteiger partial charge in [-0.2, -0.15) is 0 Å². The Hall–Kier alpha value is -1.35. The zero-order valence-corrected chi connectivity index (χ0v) is 13.0. The third-order valence-corrected chi connectivity index (χ3v) is 3.68. The molecule has 3 nitrogen and oxygen atoms in total. The van der Waals surface area contributed by atoms with Crippen LogP contribution in [0.1, 0.15) is 49.3 Å². The molecular weight excluding hydrogens is 248 g/mol. The maximum Gasteiger partial charge on any atom is 0.220 e. The first kappa shape index (κ1) is 16.7. The van der Waals surface area contributed by atoms with Crippen LogP contribution in [-0.4, -0.2) is 18.5 Å². The van der Waals surface area contributed by atoms with Crippen LogP contribution in [0.4, 0.5) is 0 Å². The van der Waals surface area contributed by atoms with Gasteiger partial charge in [0, 0.05) is 19.0 Å². The van der Waals surface area contributed by atoms with Crippen molar-refractivity contribution < 1.29 is 4.79 Å². The molecule has 1 aromatic carbocycles. The van der Waals surface area contributed by atoms with Gasteiger partial charge in [0.1, 0.15) is 0 Å². The van der Waals surface area contributed by atoms with Crippen LogP contribution in [0.15, 0.2) is 18.2 Å². The van der Waals surface area contributed by atoms with Gasteiger partial charge >= 0.3 is 0 Å². The molecule has 0 saturated carbocycles. The Morgan fingerprint density at radius 3 is 2.70 bits per heavy atom. The van der Waals surface area contributed by atoms with E-state index in [2.05, 4.69) is 44.3 Å². The Balaban J connectivity index is 2.42. The third kappa shape index (κ3) is 5.74. The molecule has 0 bridgehead atoms. The number of amides is 1. The van der Waals surface area contributed by atoms with Crippen molar-refractivity contribution in [2.75, 3.05) is 6.54 Å². The summed E-state index contributed by atoms with van der Waals surface area (Å²) in [6, 6.07) is 6.51. The number of aryl methyl sites for hydroxylation is 3. The van der Waals surface area contributed by atoms with Crippen LogP contribution in [0.25, 0.3) is 0 Å². The largest absolute Gasteiger partial charge is 0.352 e. The molecule has 0 fully saturated rings. The smallest absolute Gasteiger partial charge is 0.220 e. The summed E-state index contributed by atoms with van der Waals surface area (Å²) in [5.74, 6) is 0.108. The lowest BCUT2D eigenvalue weighted by Gasteiger charge is -2.16. The zero-order valence-electron chi connectivity index (χ0n) is 13.0. The highest BCUT2D eigenvalue weighted by atomic mass is 16.1. The van der Waals surface area contributed by atoms with E-state index < -0.39 is 0 Å². The van der Waals surface area contributed by atoms with Crippen LogP contribution in [0.2, 0.25) is 0 Å². The maximum absolute atomic E-state index is 12.0. The van der Waals surface area contributed by atoms with Gasteiger partial charge in [0.05, 0.1) is 0 Å². The minimum absolute atomic E-state index is 0.108. The fourth-order valence-electron chi connectivity index (χ4n) is 2.37. The van der Waals surface area contributed by atoms with Gasteiger partial charge in [-0.3, -0.25) is 4.79 Å². The molecule has 0 heterocycles. The summed E-state index contributed by atoms with van der Waals surface area (Å²) in [4.78, 5) is 12.0. The molecular formula is C17H28N2O. The molecule has 0 spiro atoms. The first-order valence-corrected chi connectivity index (χ1v) is 7.62. The molecule has 1 amide bonds. The zero-order chi connectivity index (χ0) is 15.0. The quantitative estimate of drug-likeness (QED) is 0.767. The van der Waals surface area contributed by atoms with E-state index in [1.165, 1.54) is 16.7 Å². The third-order valence-electron chi connectivity index (χ3n) is 3.68. The monoisotopic (exact) mass is 276 g/mol. The summed E-state index contributed by atoms with van der Waals surface area (Å²) < 4.78 is 0. The van der Waals surface area contributed by atoms with E-state index in [4.69, 9.17) is 5.73 Å². The van der Waals surface area contributed by atoms with Gasteiger partial charge in [-0.05, 0) is 37.8 Å². The summed E-state index contributed by atoms with van der Waals surface area (Å²) >= 11 is 0. The van der Waals surface area contributed by atoms with Crippen molar-refractivity contribution in [3.8, 4) is 0 Å². The molecule has 112 valence electrons. The van der Waals surface area contributed by atoms with E-state index in [1.807, 2.05) is 0 Å². The molecule has 20 heavy (non-hydrogen) atoms. The van der Waals surface area contributed by atoms with Crippen LogP contribution < -0.4 is 11.1 Å². The van der Waals surface area contributed by atoms with Gasteiger partial charge in [-0.15, -0.1) is 0 Å². The predicted molar refractivity (Wildman–Crippen MR) is 84.7 cm³/mol. The van der Waals surface area contributed by atoms with E-state index in [1.54, 1.807) is 0 Å². The number of rotatable bonds is 8. The van der Waals surface area contributed by atoms with Crippen molar-refractivity contribution in [3.63, 3.8) is 0 Å². The van der Waals surface area contributed by atoms with Crippen molar-refractivity contribution in [2.45, 2.75) is 58.9 Å². The lowest BCUT2D eigenvalue weighted by molar-refractivity contribution is -0.121. The molecule has 0 aliphatic carbocycles. The summed E-state index contributed by atoms with van der Waals surface area (Å²) in [5, 5.41) is 3.04. The van der Waals surface area contributed by atoms with Crippen molar-refractivity contribution >= 4 is 5.91 Å². The molecule has 1 aromatic rings. The topological polar surface area (TPSA) is 55.1 Å². The number of hydrogen-bond donors (Lipinski definition) is 2. The van der Waals surface area contributed by atoms with E-state index >= 15 is 0 Å². The van der Waals surface area contributed by atoms with Crippen molar-refractivity contribution in [2.24, 2.45) is 5.73 Å². The van der Waals surface area contributed by atoms with Gasteiger partial charge in [0.2, 0.25) is 5.91 Å². The van der Waals surface area contributed by atoms with Crippen LogP contribution in [0.3, 0.4) is 0 Å². The first-order chi connectivity index (χ1) is 9.56. The average molecular weight is 276 g/mol. The standard InChI is InChI=1S/C17H28N2O/c1-4-5-6-16(12-18)19-17(20)10-9-15-8-7-13(2)11-14(15)3/h7-8,11,16H,4-6,9-10,12,18H2,1-3H3,(H,19,20). The molecule has 1 rings (SSSR count). The van der Waals surface area contributed by atoms with Gasteiger partial charge in [-0.25, -0.2) is 0 Å². The number of carbonyl (C=O) groups is 1. The molecule has 1 atom stereocenters. The van der Waals surface area contributed by atoms with Crippen molar-refractivity contribution in [1.82, 2.24) is 5.32 Å². The molecule has 3 N–H and O–H groups in total. The maximum atomic E-state index is 12.0. The molecule has 0 saturated heterocycles. The highest BCUT2D eigenvalue weighted by Gasteiger charge is 2.10. The fraction of sp³-hybridized carbons (Fsp3) is 0.588. The Morgan fingerprint density at radius 1 is 1.35 bits per heavy atom. The number of unbranched alkanes of at least 4 members (excludes halogenated alkanes) is 1. The predicted octanol–water partition coefficient (Wildman–Crippen LogP) is 2.87. The van der Waals surface area contributed by atoms with E-state index in [0.717, 1.165) is 25.7 Å². The SMILES string of the molecule is CCCCC(CN)NC(=O)CCc1ccc(C)cc1C. The second-order valence-electron chi connectivity index (χ2n) is 5.57. The Kier molecular flexibility index (Phi) is 7.31. The molecule has 1 unspecified atom stereocenters. The van der Waals surface area contributed by atoms with Gasteiger partial charge in [-0.1, -0.05) is 43.5 Å². The summed E-state index contributed by atoms with van der Waals surface area (Å²) in [6.45, 7) is 6.86. The van der Waals surface area contributed by atoms with Crippen LogP contribution in [-0.2, 0) is 11.2 Å². The minimum atomic E-state index is 0.108. The highest BCUT2D eigenvalue weighted by molar-refractivity contribution is 5.76. The highest BCUT2D eigenvalue weighted by Crippen LogP contribution is 2.12. The molecule has 3 heteroatoms. The molecule has 0 aromatic heterocycles. The minimum Gasteiger partial charge on any atom is -0.352 e. The second kappa shape index (κ2) is 8.75. The number of hydrogen-bond acceptors (Lipinski definition) is 2. The molecule has 0 aliphatic rings. The van der Waals surface area contributed by atoms with Crippen LogP contribution >= 0.6 is 0 Å². The number of carbonyl (C=O) groups excluding carboxylic acids is 1. The summed E-state index contributed by atoms with van der Waals surface area (Å²) in [7, 11) is 0. The van der Waals surface area contributed by atoms with Gasteiger partial charge < -0.3 is 11.1 Å².